The molecule has 1 saturated heterocycles. The van der Waals surface area contributed by atoms with Crippen LogP contribution in [-0.4, -0.2) is 34.1 Å². The van der Waals surface area contributed by atoms with Crippen LogP contribution in [0.1, 0.15) is 50.7 Å². The van der Waals surface area contributed by atoms with E-state index in [1.165, 1.54) is 11.3 Å². The van der Waals surface area contributed by atoms with Crippen LogP contribution in [0.2, 0.25) is 0 Å². The second-order valence-electron chi connectivity index (χ2n) is 6.90. The number of aryl methyl sites for hydroxylation is 1. The minimum Gasteiger partial charge on any atom is -0.376 e. The van der Waals surface area contributed by atoms with Crippen molar-refractivity contribution in [2.75, 3.05) is 13.2 Å². The Balaban J connectivity index is 1.33. The third-order valence-electron chi connectivity index (χ3n) is 4.82. The molecule has 0 aliphatic carbocycles. The topological polar surface area (TPSA) is 68.5 Å². The fraction of sp³-hybridized carbons (Fsp3) is 0.381. The summed E-state index contributed by atoms with van der Waals surface area (Å²) in [4.78, 5) is 21.1. The maximum atomic E-state index is 12.8. The van der Waals surface area contributed by atoms with Gasteiger partial charge in [0.25, 0.3) is 5.91 Å². The van der Waals surface area contributed by atoms with E-state index in [9.17, 15) is 4.79 Å². The van der Waals surface area contributed by atoms with Gasteiger partial charge in [-0.1, -0.05) is 35.5 Å². The van der Waals surface area contributed by atoms with Gasteiger partial charge in [0.2, 0.25) is 5.89 Å². The zero-order chi connectivity index (χ0) is 19.3. The van der Waals surface area contributed by atoms with Gasteiger partial charge >= 0.3 is 0 Å². The lowest BCUT2D eigenvalue weighted by Gasteiger charge is -2.21. The normalized spacial score (nSPS) is 16.6. The molecule has 3 heterocycles. The average Bonchev–Trinajstić information content (AvgIpc) is 3.46. The van der Waals surface area contributed by atoms with Gasteiger partial charge in [-0.05, 0) is 37.5 Å². The minimum absolute atomic E-state index is 0.0477. The lowest BCUT2D eigenvalue weighted by Crippen LogP contribution is -2.30. The van der Waals surface area contributed by atoms with Crippen LogP contribution in [0.3, 0.4) is 0 Å². The van der Waals surface area contributed by atoms with E-state index >= 15 is 0 Å². The molecule has 0 saturated carbocycles. The molecule has 7 heteroatoms. The van der Waals surface area contributed by atoms with E-state index in [1.54, 1.807) is 0 Å². The molecule has 1 unspecified atom stereocenters. The van der Waals surface area contributed by atoms with Gasteiger partial charge < -0.3 is 14.2 Å². The van der Waals surface area contributed by atoms with Gasteiger partial charge in [0.05, 0.1) is 18.1 Å². The highest BCUT2D eigenvalue weighted by Gasteiger charge is 2.34. The van der Waals surface area contributed by atoms with Crippen molar-refractivity contribution in [3.8, 4) is 0 Å². The molecule has 0 N–H and O–H groups in total. The summed E-state index contributed by atoms with van der Waals surface area (Å²) in [6.45, 7) is 3.82. The Labute approximate surface area is 168 Å². The first-order valence-corrected chi connectivity index (χ1v) is 10.3. The van der Waals surface area contributed by atoms with Crippen molar-refractivity contribution >= 4 is 17.2 Å². The van der Waals surface area contributed by atoms with Gasteiger partial charge in [0, 0.05) is 17.8 Å². The van der Waals surface area contributed by atoms with Crippen molar-refractivity contribution in [2.45, 2.75) is 38.8 Å². The predicted octanol–water partition coefficient (Wildman–Crippen LogP) is 4.18. The maximum absolute atomic E-state index is 12.8. The van der Waals surface area contributed by atoms with E-state index in [0.29, 0.717) is 31.3 Å². The Hall–Kier alpha value is -2.51. The smallest absolute Gasteiger partial charge is 0.264 e. The SMILES string of the molecule is Cc1ccc(C(=O)N2CCCC2c2nc(CCOCc3ccccc3)no2)s1. The molecule has 3 aromatic rings. The van der Waals surface area contributed by atoms with Gasteiger partial charge in [-0.15, -0.1) is 11.3 Å². The van der Waals surface area contributed by atoms with Crippen LogP contribution < -0.4 is 0 Å². The fourth-order valence-electron chi connectivity index (χ4n) is 3.39. The summed E-state index contributed by atoms with van der Waals surface area (Å²) in [5.41, 5.74) is 1.14. The van der Waals surface area contributed by atoms with Gasteiger partial charge in [-0.3, -0.25) is 4.79 Å². The van der Waals surface area contributed by atoms with E-state index in [1.807, 2.05) is 54.3 Å². The minimum atomic E-state index is -0.138. The summed E-state index contributed by atoms with van der Waals surface area (Å²) in [5, 5.41) is 4.07. The lowest BCUT2D eigenvalue weighted by atomic mass is 10.2. The van der Waals surface area contributed by atoms with Crippen LogP contribution in [-0.2, 0) is 17.8 Å². The summed E-state index contributed by atoms with van der Waals surface area (Å²) in [7, 11) is 0. The third kappa shape index (κ3) is 4.31. The second kappa shape index (κ2) is 8.67. The molecule has 2 aromatic heterocycles. The number of aromatic nitrogens is 2. The molecule has 0 bridgehead atoms. The number of likely N-dealkylation sites (tertiary alicyclic amines) is 1. The first-order chi connectivity index (χ1) is 13.7. The standard InChI is InChI=1S/C21H23N3O3S/c1-15-9-10-18(28-15)21(25)24-12-5-8-17(24)20-22-19(23-27-20)11-13-26-14-16-6-3-2-4-7-16/h2-4,6-7,9-10,17H,5,8,11-14H2,1H3. The van der Waals surface area contributed by atoms with Crippen molar-refractivity contribution in [2.24, 2.45) is 0 Å². The molecule has 1 aromatic carbocycles. The first-order valence-electron chi connectivity index (χ1n) is 9.52. The summed E-state index contributed by atoms with van der Waals surface area (Å²) in [6.07, 6.45) is 2.38. The number of hydrogen-bond donors (Lipinski definition) is 0. The predicted molar refractivity (Wildman–Crippen MR) is 106 cm³/mol. The number of amides is 1. The monoisotopic (exact) mass is 397 g/mol. The molecule has 1 aliphatic heterocycles. The Kier molecular flexibility index (Phi) is 5.83. The zero-order valence-electron chi connectivity index (χ0n) is 15.8. The summed E-state index contributed by atoms with van der Waals surface area (Å²) < 4.78 is 11.2. The number of benzene rings is 1. The van der Waals surface area contributed by atoms with Crippen LogP contribution in [0, 0.1) is 6.92 Å². The van der Waals surface area contributed by atoms with Crippen molar-refractivity contribution < 1.29 is 14.1 Å². The molecule has 28 heavy (non-hydrogen) atoms. The van der Waals surface area contributed by atoms with Crippen molar-refractivity contribution in [1.82, 2.24) is 15.0 Å². The largest absolute Gasteiger partial charge is 0.376 e. The molecular formula is C21H23N3O3S. The van der Waals surface area contributed by atoms with Crippen LogP contribution in [0.25, 0.3) is 0 Å². The molecule has 6 nitrogen and oxygen atoms in total. The summed E-state index contributed by atoms with van der Waals surface area (Å²) in [5.74, 6) is 1.19. The average molecular weight is 398 g/mol. The molecule has 1 atom stereocenters. The molecule has 1 fully saturated rings. The zero-order valence-corrected chi connectivity index (χ0v) is 16.7. The molecular weight excluding hydrogens is 374 g/mol. The highest BCUT2D eigenvalue weighted by atomic mass is 32.1. The Morgan fingerprint density at radius 2 is 2.14 bits per heavy atom. The third-order valence-corrected chi connectivity index (χ3v) is 5.80. The number of thiophene rings is 1. The highest BCUT2D eigenvalue weighted by Crippen LogP contribution is 2.33. The van der Waals surface area contributed by atoms with Crippen molar-refractivity contribution in [3.63, 3.8) is 0 Å². The quantitative estimate of drug-likeness (QED) is 0.560. The van der Waals surface area contributed by atoms with Gasteiger partial charge in [-0.2, -0.15) is 4.98 Å². The van der Waals surface area contributed by atoms with Crippen LogP contribution >= 0.6 is 11.3 Å². The molecule has 1 amide bonds. The number of carbonyl (C=O) groups excluding carboxylic acids is 1. The Bertz CT molecular complexity index is 922. The van der Waals surface area contributed by atoms with Gasteiger partial charge in [-0.25, -0.2) is 0 Å². The number of rotatable bonds is 7. The lowest BCUT2D eigenvalue weighted by molar-refractivity contribution is 0.0715. The van der Waals surface area contributed by atoms with Gasteiger partial charge in [0.15, 0.2) is 5.82 Å². The molecule has 0 spiro atoms. The van der Waals surface area contributed by atoms with Crippen molar-refractivity contribution in [1.29, 1.82) is 0 Å². The van der Waals surface area contributed by atoms with Crippen LogP contribution in [0.5, 0.6) is 0 Å². The molecule has 146 valence electrons. The summed E-state index contributed by atoms with van der Waals surface area (Å²) >= 11 is 1.52. The van der Waals surface area contributed by atoms with Crippen molar-refractivity contribution in [3.05, 3.63) is 69.5 Å². The van der Waals surface area contributed by atoms with E-state index < -0.39 is 0 Å². The first kappa shape index (κ1) is 18.8. The maximum Gasteiger partial charge on any atom is 0.264 e. The Morgan fingerprint density at radius 1 is 1.29 bits per heavy atom. The van der Waals surface area contributed by atoms with E-state index in [2.05, 4.69) is 10.1 Å². The highest BCUT2D eigenvalue weighted by molar-refractivity contribution is 7.13. The number of ether oxygens (including phenoxy) is 1. The van der Waals surface area contributed by atoms with Gasteiger partial charge in [0.1, 0.15) is 6.04 Å². The van der Waals surface area contributed by atoms with E-state index in [-0.39, 0.29) is 11.9 Å². The fourth-order valence-corrected chi connectivity index (χ4v) is 4.21. The number of nitrogens with zero attached hydrogens (tertiary/aromatic N) is 3. The van der Waals surface area contributed by atoms with E-state index in [0.717, 1.165) is 34.7 Å². The van der Waals surface area contributed by atoms with Crippen LogP contribution in [0.4, 0.5) is 0 Å². The number of carbonyl (C=O) groups is 1. The molecule has 1 aliphatic rings. The van der Waals surface area contributed by atoms with E-state index in [4.69, 9.17) is 9.26 Å². The molecule has 4 rings (SSSR count). The number of hydrogen-bond acceptors (Lipinski definition) is 6. The van der Waals surface area contributed by atoms with Crippen LogP contribution in [0.15, 0.2) is 47.0 Å². The summed E-state index contributed by atoms with van der Waals surface area (Å²) in [6, 6.07) is 13.8. The second-order valence-corrected chi connectivity index (χ2v) is 8.19. The Morgan fingerprint density at radius 3 is 2.93 bits per heavy atom. The molecule has 0 radical (unpaired) electrons.